The number of allylic oxidation sites excluding steroid dienone is 2. The number of aryl methyl sites for hydroxylation is 1. The smallest absolute Gasteiger partial charge is 0.326 e. The highest BCUT2D eigenvalue weighted by Gasteiger charge is 2.34. The van der Waals surface area contributed by atoms with Crippen molar-refractivity contribution in [1.29, 1.82) is 0 Å². The molecule has 0 aromatic carbocycles. The summed E-state index contributed by atoms with van der Waals surface area (Å²) in [5.41, 5.74) is 3.08. The fourth-order valence-electron chi connectivity index (χ4n) is 5.47. The summed E-state index contributed by atoms with van der Waals surface area (Å²) in [5.74, 6) is -1.82. The summed E-state index contributed by atoms with van der Waals surface area (Å²) < 4.78 is 34.6. The average Bonchev–Trinajstić information content (AvgIpc) is 3.46. The van der Waals surface area contributed by atoms with E-state index in [1.807, 2.05) is 16.7 Å². The summed E-state index contributed by atoms with van der Waals surface area (Å²) in [5, 5.41) is 38.0. The van der Waals surface area contributed by atoms with Crippen molar-refractivity contribution in [2.45, 2.75) is 30.4 Å². The van der Waals surface area contributed by atoms with Crippen LogP contribution in [0.15, 0.2) is 36.0 Å². The Morgan fingerprint density at radius 3 is 2.60 bits per heavy atom. The SMILES string of the molecule is C=C/C=C(\c1c(S(C)=O)n(CC2CCOCC2)c2cc(-c3c(C(O)(O)O)nnn3C)cnc12)N1CCS(=O)CC1. The molecule has 2 saturated heterocycles. The molecule has 3 aromatic rings. The monoisotopic (exact) mass is 590 g/mol. The predicted molar refractivity (Wildman–Crippen MR) is 152 cm³/mol. The van der Waals surface area contributed by atoms with Crippen LogP contribution in [0.2, 0.25) is 0 Å². The van der Waals surface area contributed by atoms with Crippen molar-refractivity contribution in [3.8, 4) is 11.3 Å². The van der Waals surface area contributed by atoms with E-state index in [1.165, 1.54) is 4.68 Å². The minimum absolute atomic E-state index is 0.182. The van der Waals surface area contributed by atoms with E-state index in [0.29, 0.717) is 71.9 Å². The van der Waals surface area contributed by atoms with Crippen LogP contribution in [-0.2, 0) is 45.9 Å². The van der Waals surface area contributed by atoms with Crippen molar-refractivity contribution in [2.24, 2.45) is 13.0 Å². The van der Waals surface area contributed by atoms with Crippen LogP contribution in [0, 0.1) is 5.92 Å². The molecular formula is C26H34N6O6S2. The van der Waals surface area contributed by atoms with Gasteiger partial charge in [0.1, 0.15) is 10.7 Å². The average molecular weight is 591 g/mol. The molecule has 0 radical (unpaired) electrons. The van der Waals surface area contributed by atoms with E-state index < -0.39 is 33.3 Å². The van der Waals surface area contributed by atoms with Crippen LogP contribution >= 0.6 is 0 Å². The number of aliphatic hydroxyl groups is 3. The Kier molecular flexibility index (Phi) is 8.36. The van der Waals surface area contributed by atoms with E-state index in [-0.39, 0.29) is 5.69 Å². The molecule has 1 unspecified atom stereocenters. The van der Waals surface area contributed by atoms with Crippen LogP contribution in [0.4, 0.5) is 0 Å². The van der Waals surface area contributed by atoms with Crippen molar-refractivity contribution in [3.05, 3.63) is 42.3 Å². The molecular weight excluding hydrogens is 556 g/mol. The molecule has 5 rings (SSSR count). The van der Waals surface area contributed by atoms with Crippen molar-refractivity contribution in [1.82, 2.24) is 29.4 Å². The lowest BCUT2D eigenvalue weighted by atomic mass is 10.0. The highest BCUT2D eigenvalue weighted by atomic mass is 32.2. The molecule has 14 heteroatoms. The van der Waals surface area contributed by atoms with Gasteiger partial charge in [0, 0.05) is 85.9 Å². The van der Waals surface area contributed by atoms with Gasteiger partial charge in [0.15, 0.2) is 5.69 Å². The highest BCUT2D eigenvalue weighted by Crippen LogP contribution is 2.38. The Labute approximate surface area is 236 Å². The van der Waals surface area contributed by atoms with E-state index in [4.69, 9.17) is 9.72 Å². The molecule has 2 fully saturated rings. The molecule has 0 saturated carbocycles. The number of pyridine rings is 1. The topological polar surface area (TPSA) is 156 Å². The third kappa shape index (κ3) is 5.56. The lowest BCUT2D eigenvalue weighted by Gasteiger charge is -2.31. The Hall–Kier alpha value is -2.75. The van der Waals surface area contributed by atoms with Crippen LogP contribution in [0.3, 0.4) is 0 Å². The number of aromatic nitrogens is 5. The number of ether oxygens (including phenoxy) is 1. The Morgan fingerprint density at radius 2 is 1.98 bits per heavy atom. The zero-order valence-electron chi connectivity index (χ0n) is 22.5. The standard InChI is InChI=1S/C26H34N6O6S2/c1-4-5-19(31-8-12-40(37)13-9-31)21-22-20(32(25(21)39(3)36)16-17-6-10-38-11-7-17)14-18(15-27-22)23-24(26(33,34)35)28-29-30(23)2/h4-5,14-15,17,33-35H,1,6-13,16H2,2-3H3/b19-5+. The number of rotatable bonds is 8. The molecule has 0 spiro atoms. The molecule has 3 N–H and O–H groups in total. The van der Waals surface area contributed by atoms with Gasteiger partial charge in [0.05, 0.1) is 27.4 Å². The first kappa shape index (κ1) is 28.8. The molecule has 216 valence electrons. The molecule has 2 aliphatic heterocycles. The first-order valence-electron chi connectivity index (χ1n) is 13.0. The van der Waals surface area contributed by atoms with E-state index >= 15 is 0 Å². The normalized spacial score (nSPS) is 18.9. The maximum absolute atomic E-state index is 13.5. The quantitative estimate of drug-likeness (QED) is 0.252. The predicted octanol–water partition coefficient (Wildman–Crippen LogP) is 0.674. The van der Waals surface area contributed by atoms with Gasteiger partial charge in [0.2, 0.25) is 0 Å². The minimum Gasteiger partial charge on any atom is -0.381 e. The largest absolute Gasteiger partial charge is 0.381 e. The Bertz CT molecular complexity index is 1490. The summed E-state index contributed by atoms with van der Waals surface area (Å²) in [6, 6.07) is 1.83. The van der Waals surface area contributed by atoms with Crippen LogP contribution in [0.5, 0.6) is 0 Å². The summed E-state index contributed by atoms with van der Waals surface area (Å²) in [6.45, 7) is 6.99. The van der Waals surface area contributed by atoms with Crippen LogP contribution in [0.25, 0.3) is 28.0 Å². The van der Waals surface area contributed by atoms with Gasteiger partial charge in [-0.25, -0.2) is 4.68 Å². The van der Waals surface area contributed by atoms with Gasteiger partial charge in [0.25, 0.3) is 0 Å². The molecule has 5 heterocycles. The van der Waals surface area contributed by atoms with Gasteiger partial charge >= 0.3 is 5.97 Å². The Morgan fingerprint density at radius 1 is 1.27 bits per heavy atom. The molecule has 0 aliphatic carbocycles. The van der Waals surface area contributed by atoms with Crippen molar-refractivity contribution in [3.63, 3.8) is 0 Å². The van der Waals surface area contributed by atoms with Gasteiger partial charge in [-0.05, 0) is 30.9 Å². The molecule has 40 heavy (non-hydrogen) atoms. The second kappa shape index (κ2) is 11.6. The van der Waals surface area contributed by atoms with E-state index in [0.717, 1.165) is 24.1 Å². The number of nitrogens with zero attached hydrogens (tertiary/aromatic N) is 6. The van der Waals surface area contributed by atoms with E-state index in [2.05, 4.69) is 21.8 Å². The molecule has 2 aliphatic rings. The van der Waals surface area contributed by atoms with Gasteiger partial charge < -0.3 is 29.5 Å². The van der Waals surface area contributed by atoms with Gasteiger partial charge in [-0.15, -0.1) is 5.10 Å². The highest BCUT2D eigenvalue weighted by molar-refractivity contribution is 7.85. The Balaban J connectivity index is 1.76. The molecule has 12 nitrogen and oxygen atoms in total. The molecule has 0 bridgehead atoms. The third-order valence-corrected chi connectivity index (χ3v) is 9.62. The van der Waals surface area contributed by atoms with Crippen LogP contribution < -0.4 is 0 Å². The zero-order valence-corrected chi connectivity index (χ0v) is 24.2. The van der Waals surface area contributed by atoms with Gasteiger partial charge in [-0.2, -0.15) is 0 Å². The molecule has 1 atom stereocenters. The maximum atomic E-state index is 13.5. The lowest BCUT2D eigenvalue weighted by Crippen LogP contribution is -2.36. The number of hydrogen-bond acceptors (Lipinski definition) is 10. The van der Waals surface area contributed by atoms with Crippen molar-refractivity contribution in [2.75, 3.05) is 44.1 Å². The minimum atomic E-state index is -3.20. The maximum Gasteiger partial charge on any atom is 0.326 e. The number of fused-ring (bicyclic) bond motifs is 1. The fraction of sp³-hybridized carbons (Fsp3) is 0.500. The zero-order chi connectivity index (χ0) is 28.6. The fourth-order valence-corrected chi connectivity index (χ4v) is 7.49. The lowest BCUT2D eigenvalue weighted by molar-refractivity contribution is -0.325. The molecule has 3 aromatic heterocycles. The van der Waals surface area contributed by atoms with E-state index in [9.17, 15) is 23.7 Å². The first-order chi connectivity index (χ1) is 19.1. The van der Waals surface area contributed by atoms with E-state index in [1.54, 1.807) is 25.6 Å². The second-order valence-corrected chi connectivity index (χ2v) is 13.1. The van der Waals surface area contributed by atoms with Crippen LogP contribution in [0.1, 0.15) is 24.1 Å². The number of hydrogen-bond donors (Lipinski definition) is 3. The summed E-state index contributed by atoms with van der Waals surface area (Å²) >= 11 is 0. The summed E-state index contributed by atoms with van der Waals surface area (Å²) in [6.07, 6.45) is 8.51. The molecule has 0 amide bonds. The third-order valence-electron chi connectivity index (χ3n) is 7.38. The summed E-state index contributed by atoms with van der Waals surface area (Å²) in [7, 11) is -0.709. The van der Waals surface area contributed by atoms with Gasteiger partial charge in [-0.3, -0.25) is 13.4 Å². The summed E-state index contributed by atoms with van der Waals surface area (Å²) in [4.78, 5) is 6.96. The van der Waals surface area contributed by atoms with Gasteiger partial charge in [-0.1, -0.05) is 17.9 Å². The van der Waals surface area contributed by atoms with Crippen molar-refractivity contribution < 1.29 is 28.5 Å². The van der Waals surface area contributed by atoms with Crippen LogP contribution in [-0.4, -0.2) is 97.2 Å². The first-order valence-corrected chi connectivity index (χ1v) is 16.1. The second-order valence-electron chi connectivity index (χ2n) is 10.1. The van der Waals surface area contributed by atoms with Crippen molar-refractivity contribution >= 4 is 38.3 Å².